The standard InChI is InChI=1S/C27H37N3O6S2/c1-18-16-30(17-19(2)36-18)38(33,34)21-9-6-8-20(14-21)23(31)15-29-27-25(26(32)28-12-7-13-35-3)22-10-4-5-11-24(22)37-27/h6,8-9,14,18-19,29H,4-5,7,10-13,15-17H2,1-3H3,(H,28,32). The SMILES string of the molecule is COCCCNC(=O)c1c(NCC(=O)c2cccc(S(=O)(=O)N3CC(C)OC(C)C3)c2)sc2c1CCCC2. The Hall–Kier alpha value is -2.31. The molecular weight excluding hydrogens is 526 g/mol. The van der Waals surface area contributed by atoms with Gasteiger partial charge in [0.2, 0.25) is 10.0 Å². The highest BCUT2D eigenvalue weighted by atomic mass is 32.2. The van der Waals surface area contributed by atoms with Gasteiger partial charge in [0.05, 0.1) is 29.2 Å². The lowest BCUT2D eigenvalue weighted by molar-refractivity contribution is -0.0440. The molecule has 1 fully saturated rings. The normalized spacial score (nSPS) is 20.1. The number of fused-ring (bicyclic) bond motifs is 1. The summed E-state index contributed by atoms with van der Waals surface area (Å²) >= 11 is 1.53. The van der Waals surface area contributed by atoms with Crippen LogP contribution in [0.3, 0.4) is 0 Å². The first-order chi connectivity index (χ1) is 18.2. The lowest BCUT2D eigenvalue weighted by atomic mass is 9.95. The largest absolute Gasteiger partial charge is 0.385 e. The van der Waals surface area contributed by atoms with Crippen molar-refractivity contribution >= 4 is 38.1 Å². The summed E-state index contributed by atoms with van der Waals surface area (Å²) in [6, 6.07) is 6.17. The molecule has 2 atom stereocenters. The Bertz CT molecular complexity index is 1250. The fourth-order valence-corrected chi connectivity index (χ4v) is 7.93. The van der Waals surface area contributed by atoms with E-state index in [1.165, 1.54) is 32.7 Å². The number of hydrogen-bond donors (Lipinski definition) is 2. The van der Waals surface area contributed by atoms with E-state index in [2.05, 4.69) is 10.6 Å². The van der Waals surface area contributed by atoms with E-state index in [0.717, 1.165) is 37.7 Å². The van der Waals surface area contributed by atoms with Gasteiger partial charge in [-0.3, -0.25) is 9.59 Å². The average Bonchev–Trinajstić information content (AvgIpc) is 3.27. The summed E-state index contributed by atoms with van der Waals surface area (Å²) in [7, 11) is -2.13. The number of ether oxygens (including phenoxy) is 2. The first-order valence-electron chi connectivity index (χ1n) is 13.1. The van der Waals surface area contributed by atoms with Crippen LogP contribution in [0.5, 0.6) is 0 Å². The number of thiophene rings is 1. The van der Waals surface area contributed by atoms with Gasteiger partial charge >= 0.3 is 0 Å². The van der Waals surface area contributed by atoms with E-state index in [1.54, 1.807) is 19.2 Å². The average molecular weight is 564 g/mol. The summed E-state index contributed by atoms with van der Waals surface area (Å²) in [5.41, 5.74) is 2.00. The molecule has 2 heterocycles. The number of amides is 1. The number of morpholine rings is 1. The number of Topliss-reactive ketones (excluding diaryl/α,β-unsaturated/α-hetero) is 1. The van der Waals surface area contributed by atoms with Gasteiger partial charge in [-0.15, -0.1) is 11.3 Å². The maximum absolute atomic E-state index is 13.3. The molecule has 1 aliphatic heterocycles. The van der Waals surface area contributed by atoms with E-state index in [0.29, 0.717) is 29.3 Å². The number of ketones is 1. The maximum Gasteiger partial charge on any atom is 0.254 e. The molecule has 0 spiro atoms. The molecular formula is C27H37N3O6S2. The van der Waals surface area contributed by atoms with Gasteiger partial charge in [-0.05, 0) is 63.6 Å². The number of nitrogens with one attached hydrogen (secondary N) is 2. The fraction of sp³-hybridized carbons (Fsp3) is 0.556. The predicted octanol–water partition coefficient (Wildman–Crippen LogP) is 3.49. The van der Waals surface area contributed by atoms with Gasteiger partial charge < -0.3 is 20.1 Å². The molecule has 208 valence electrons. The quantitative estimate of drug-likeness (QED) is 0.318. The molecule has 2 aromatic rings. The summed E-state index contributed by atoms with van der Waals surface area (Å²) in [6.07, 6.45) is 4.21. The second-order valence-corrected chi connectivity index (χ2v) is 12.9. The van der Waals surface area contributed by atoms with Crippen molar-refractivity contribution in [2.45, 2.75) is 63.1 Å². The second kappa shape index (κ2) is 12.7. The molecule has 0 saturated carbocycles. The number of nitrogens with zero attached hydrogens (tertiary/aromatic N) is 1. The Morgan fingerprint density at radius 1 is 1.16 bits per heavy atom. The molecule has 1 amide bonds. The summed E-state index contributed by atoms with van der Waals surface area (Å²) < 4.78 is 38.7. The van der Waals surface area contributed by atoms with Gasteiger partial charge in [-0.2, -0.15) is 4.31 Å². The minimum absolute atomic E-state index is 0.0432. The zero-order chi connectivity index (χ0) is 27.3. The van der Waals surface area contributed by atoms with Crippen LogP contribution in [0, 0.1) is 0 Å². The van der Waals surface area contributed by atoms with Crippen LogP contribution in [-0.4, -0.2) is 76.5 Å². The van der Waals surface area contributed by atoms with Crippen LogP contribution in [-0.2, 0) is 32.3 Å². The highest BCUT2D eigenvalue weighted by Crippen LogP contribution is 2.38. The van der Waals surface area contributed by atoms with Crippen molar-refractivity contribution in [1.29, 1.82) is 0 Å². The van der Waals surface area contributed by atoms with Crippen molar-refractivity contribution in [2.75, 3.05) is 45.2 Å². The van der Waals surface area contributed by atoms with Crippen LogP contribution in [0.15, 0.2) is 29.2 Å². The molecule has 0 radical (unpaired) electrons. The second-order valence-electron chi connectivity index (χ2n) is 9.90. The number of methoxy groups -OCH3 is 1. The molecule has 1 aromatic heterocycles. The number of carbonyl (C=O) groups is 2. The highest BCUT2D eigenvalue weighted by Gasteiger charge is 2.32. The molecule has 2 aliphatic rings. The number of aryl methyl sites for hydroxylation is 1. The van der Waals surface area contributed by atoms with Crippen molar-refractivity contribution in [1.82, 2.24) is 9.62 Å². The van der Waals surface area contributed by atoms with Crippen molar-refractivity contribution < 1.29 is 27.5 Å². The third-order valence-electron chi connectivity index (χ3n) is 6.80. The molecule has 38 heavy (non-hydrogen) atoms. The van der Waals surface area contributed by atoms with Gasteiger partial charge in [0.1, 0.15) is 5.00 Å². The van der Waals surface area contributed by atoms with Crippen LogP contribution in [0.4, 0.5) is 5.00 Å². The Morgan fingerprint density at radius 3 is 2.63 bits per heavy atom. The molecule has 11 heteroatoms. The molecule has 4 rings (SSSR count). The maximum atomic E-state index is 13.3. The smallest absolute Gasteiger partial charge is 0.254 e. The van der Waals surface area contributed by atoms with Crippen LogP contribution < -0.4 is 10.6 Å². The van der Waals surface area contributed by atoms with Gasteiger partial charge in [0.25, 0.3) is 5.91 Å². The Morgan fingerprint density at radius 2 is 1.89 bits per heavy atom. The molecule has 0 bridgehead atoms. The van der Waals surface area contributed by atoms with Crippen molar-refractivity contribution in [3.63, 3.8) is 0 Å². The topological polar surface area (TPSA) is 114 Å². The fourth-order valence-electron chi connectivity index (χ4n) is 5.01. The third kappa shape index (κ3) is 6.63. The van der Waals surface area contributed by atoms with E-state index in [9.17, 15) is 18.0 Å². The summed E-state index contributed by atoms with van der Waals surface area (Å²) in [6.45, 7) is 5.27. The van der Waals surface area contributed by atoms with Crippen LogP contribution >= 0.6 is 11.3 Å². The summed E-state index contributed by atoms with van der Waals surface area (Å²) in [5.74, 6) is -0.388. The predicted molar refractivity (Wildman–Crippen MR) is 148 cm³/mol. The number of hydrogen-bond acceptors (Lipinski definition) is 8. The molecule has 9 nitrogen and oxygen atoms in total. The minimum Gasteiger partial charge on any atom is -0.385 e. The van der Waals surface area contributed by atoms with Gasteiger partial charge in [-0.1, -0.05) is 12.1 Å². The number of rotatable bonds is 11. The van der Waals surface area contributed by atoms with Gasteiger partial charge in [0.15, 0.2) is 5.78 Å². The van der Waals surface area contributed by atoms with Crippen LogP contribution in [0.2, 0.25) is 0 Å². The summed E-state index contributed by atoms with van der Waals surface area (Å²) in [4.78, 5) is 27.5. The molecule has 1 aliphatic carbocycles. The van der Waals surface area contributed by atoms with Crippen molar-refractivity contribution in [3.8, 4) is 0 Å². The molecule has 1 aromatic carbocycles. The molecule has 2 N–H and O–H groups in total. The number of carbonyl (C=O) groups excluding carboxylic acids is 2. The van der Waals surface area contributed by atoms with Gasteiger partial charge in [-0.25, -0.2) is 8.42 Å². The third-order valence-corrected chi connectivity index (χ3v) is 9.88. The zero-order valence-electron chi connectivity index (χ0n) is 22.2. The van der Waals surface area contributed by atoms with Crippen LogP contribution in [0.1, 0.15) is 64.3 Å². The minimum atomic E-state index is -3.76. The van der Waals surface area contributed by atoms with E-state index in [1.807, 2.05) is 13.8 Å². The Labute approximate surface area is 228 Å². The highest BCUT2D eigenvalue weighted by molar-refractivity contribution is 7.89. The Balaban J connectivity index is 1.48. The number of anilines is 1. The first kappa shape index (κ1) is 28.7. The molecule has 2 unspecified atom stereocenters. The number of benzene rings is 1. The van der Waals surface area contributed by atoms with E-state index < -0.39 is 10.0 Å². The van der Waals surface area contributed by atoms with Crippen LogP contribution in [0.25, 0.3) is 0 Å². The summed E-state index contributed by atoms with van der Waals surface area (Å²) in [5, 5.41) is 6.85. The van der Waals surface area contributed by atoms with Crippen molar-refractivity contribution in [2.24, 2.45) is 0 Å². The van der Waals surface area contributed by atoms with E-state index in [-0.39, 0.29) is 48.4 Å². The van der Waals surface area contributed by atoms with E-state index >= 15 is 0 Å². The van der Waals surface area contributed by atoms with Gasteiger partial charge in [0, 0.05) is 43.8 Å². The lowest BCUT2D eigenvalue weighted by Gasteiger charge is -2.34. The Kier molecular flexibility index (Phi) is 9.59. The monoisotopic (exact) mass is 563 g/mol. The lowest BCUT2D eigenvalue weighted by Crippen LogP contribution is -2.48. The zero-order valence-corrected chi connectivity index (χ0v) is 23.9. The number of sulfonamides is 1. The van der Waals surface area contributed by atoms with E-state index in [4.69, 9.17) is 9.47 Å². The van der Waals surface area contributed by atoms with Crippen molar-refractivity contribution in [3.05, 3.63) is 45.8 Å². The first-order valence-corrected chi connectivity index (χ1v) is 15.4. The molecule has 1 saturated heterocycles.